The van der Waals surface area contributed by atoms with Crippen LogP contribution in [-0.4, -0.2) is 28.7 Å². The molecule has 1 heterocycles. The number of nitrogens with zero attached hydrogens (tertiary/aromatic N) is 2. The Kier molecular flexibility index (Phi) is 6.62. The number of nitrogens with one attached hydrogen (secondary N) is 1. The van der Waals surface area contributed by atoms with E-state index in [0.29, 0.717) is 22.4 Å². The van der Waals surface area contributed by atoms with Crippen LogP contribution in [0.5, 0.6) is 5.75 Å². The van der Waals surface area contributed by atoms with Gasteiger partial charge in [-0.25, -0.2) is 0 Å². The fourth-order valence-electron chi connectivity index (χ4n) is 4.32. The normalized spacial score (nSPS) is 14.6. The zero-order valence-electron chi connectivity index (χ0n) is 21.1. The van der Waals surface area contributed by atoms with Gasteiger partial charge in [-0.3, -0.25) is 14.4 Å². The monoisotopic (exact) mass is 507 g/mol. The summed E-state index contributed by atoms with van der Waals surface area (Å²) in [4.78, 5) is 36.9. The van der Waals surface area contributed by atoms with Crippen LogP contribution >= 0.6 is 0 Å². The van der Waals surface area contributed by atoms with Gasteiger partial charge in [0.05, 0.1) is 5.56 Å². The second-order valence-corrected chi connectivity index (χ2v) is 8.94. The Morgan fingerprint density at radius 3 is 2.39 bits per heavy atom. The first-order valence-corrected chi connectivity index (χ1v) is 12.0. The lowest BCUT2D eigenvalue weighted by Gasteiger charge is -2.20. The summed E-state index contributed by atoms with van der Waals surface area (Å²) in [6.07, 6.45) is -0.840. The summed E-state index contributed by atoms with van der Waals surface area (Å²) >= 11 is 0. The summed E-state index contributed by atoms with van der Waals surface area (Å²) in [6, 6.07) is 25.4. The number of benzene rings is 4. The van der Waals surface area contributed by atoms with Crippen LogP contribution in [0, 0.1) is 6.92 Å². The van der Waals surface area contributed by atoms with Crippen LogP contribution in [0.25, 0.3) is 10.8 Å². The molecule has 1 aliphatic rings. The van der Waals surface area contributed by atoms with Crippen molar-refractivity contribution in [3.63, 3.8) is 0 Å². The number of aryl methyl sites for hydroxylation is 1. The molecule has 0 aliphatic carbocycles. The SMILES string of the molecule is CC(=O)Oc1ccc2ccccc2c1C1=NN(C(C)=O)[C@H](c2ccc(NC(=O)c3cccc(C)c3)cc2)O1. The van der Waals surface area contributed by atoms with Crippen molar-refractivity contribution in [2.24, 2.45) is 5.10 Å². The van der Waals surface area contributed by atoms with Crippen LogP contribution in [-0.2, 0) is 14.3 Å². The smallest absolute Gasteiger partial charge is 0.308 e. The Morgan fingerprint density at radius 1 is 0.921 bits per heavy atom. The topological polar surface area (TPSA) is 97.3 Å². The quantitative estimate of drug-likeness (QED) is 0.282. The summed E-state index contributed by atoms with van der Waals surface area (Å²) in [5.41, 5.74) is 3.29. The zero-order chi connectivity index (χ0) is 26.8. The summed E-state index contributed by atoms with van der Waals surface area (Å²) in [5.74, 6) is -0.577. The number of anilines is 1. The fraction of sp³-hybridized carbons (Fsp3) is 0.133. The Balaban J connectivity index is 1.44. The highest BCUT2D eigenvalue weighted by molar-refractivity contribution is 6.10. The molecule has 4 aromatic carbocycles. The van der Waals surface area contributed by atoms with Gasteiger partial charge in [-0.1, -0.05) is 60.2 Å². The van der Waals surface area contributed by atoms with Crippen molar-refractivity contribution >= 4 is 40.1 Å². The lowest BCUT2D eigenvalue weighted by molar-refractivity contribution is -0.135. The average molecular weight is 508 g/mol. The van der Waals surface area contributed by atoms with Crippen molar-refractivity contribution in [3.05, 3.63) is 107 Å². The Labute approximate surface area is 219 Å². The van der Waals surface area contributed by atoms with Crippen LogP contribution in [0.2, 0.25) is 0 Å². The molecule has 0 bridgehead atoms. The third kappa shape index (κ3) is 4.97. The third-order valence-corrected chi connectivity index (χ3v) is 6.06. The summed E-state index contributed by atoms with van der Waals surface area (Å²) in [5, 5.41) is 10.3. The van der Waals surface area contributed by atoms with Crippen LogP contribution in [0.15, 0.2) is 90.0 Å². The highest BCUT2D eigenvalue weighted by Crippen LogP contribution is 2.36. The minimum absolute atomic E-state index is 0.162. The van der Waals surface area contributed by atoms with Crippen molar-refractivity contribution in [2.45, 2.75) is 27.0 Å². The van der Waals surface area contributed by atoms with Gasteiger partial charge in [0.2, 0.25) is 18.0 Å². The van der Waals surface area contributed by atoms with E-state index in [1.165, 1.54) is 18.9 Å². The molecule has 2 amide bonds. The minimum atomic E-state index is -0.840. The molecule has 0 saturated heterocycles. The van der Waals surface area contributed by atoms with Crippen LogP contribution in [0.4, 0.5) is 5.69 Å². The molecule has 5 rings (SSSR count). The van der Waals surface area contributed by atoms with Gasteiger partial charge in [0.15, 0.2) is 0 Å². The standard InChI is InChI=1S/C30H25N3O5/c1-18-7-6-9-23(17-18)28(36)31-24-14-11-22(12-15-24)30-33(19(2)34)32-29(38-30)27-25-10-5-4-8-21(25)13-16-26(27)37-20(3)35/h4-17,30H,1-3H3,(H,31,36)/t30-/m0/s1. The van der Waals surface area contributed by atoms with Crippen LogP contribution in [0.1, 0.15) is 47.1 Å². The van der Waals surface area contributed by atoms with Gasteiger partial charge in [0.25, 0.3) is 5.91 Å². The Morgan fingerprint density at radius 2 is 1.68 bits per heavy atom. The largest absolute Gasteiger partial charge is 0.446 e. The maximum absolute atomic E-state index is 12.6. The lowest BCUT2D eigenvalue weighted by Crippen LogP contribution is -2.25. The van der Waals surface area contributed by atoms with E-state index in [0.717, 1.165) is 16.3 Å². The van der Waals surface area contributed by atoms with Gasteiger partial charge < -0.3 is 14.8 Å². The second kappa shape index (κ2) is 10.2. The molecule has 0 saturated carbocycles. The fourth-order valence-corrected chi connectivity index (χ4v) is 4.32. The van der Waals surface area contributed by atoms with Gasteiger partial charge >= 0.3 is 5.97 Å². The zero-order valence-corrected chi connectivity index (χ0v) is 21.1. The molecule has 190 valence electrons. The number of hydrogen-bond acceptors (Lipinski definition) is 6. The number of rotatable bonds is 5. The first-order valence-electron chi connectivity index (χ1n) is 12.0. The van der Waals surface area contributed by atoms with Crippen LogP contribution < -0.4 is 10.1 Å². The lowest BCUT2D eigenvalue weighted by atomic mass is 10.0. The maximum atomic E-state index is 12.6. The highest BCUT2D eigenvalue weighted by Gasteiger charge is 2.35. The van der Waals surface area contributed by atoms with E-state index >= 15 is 0 Å². The number of esters is 1. The molecule has 38 heavy (non-hydrogen) atoms. The number of ether oxygens (including phenoxy) is 2. The third-order valence-electron chi connectivity index (χ3n) is 6.06. The van der Waals surface area contributed by atoms with Gasteiger partial charge in [0, 0.05) is 30.7 Å². The Bertz CT molecular complexity index is 1590. The molecule has 4 aromatic rings. The van der Waals surface area contributed by atoms with Gasteiger partial charge in [-0.15, -0.1) is 5.10 Å². The number of carbonyl (C=O) groups is 3. The molecule has 0 unspecified atom stereocenters. The molecule has 0 radical (unpaired) electrons. The average Bonchev–Trinajstić information content (AvgIpc) is 3.34. The van der Waals surface area contributed by atoms with Crippen molar-refractivity contribution in [1.29, 1.82) is 0 Å². The molecule has 8 nitrogen and oxygen atoms in total. The van der Waals surface area contributed by atoms with Gasteiger partial charge in [0.1, 0.15) is 5.75 Å². The molecule has 0 aromatic heterocycles. The molecule has 1 N–H and O–H groups in total. The van der Waals surface area contributed by atoms with E-state index in [4.69, 9.17) is 9.47 Å². The minimum Gasteiger partial charge on any atom is -0.446 e. The van der Waals surface area contributed by atoms with Crippen molar-refractivity contribution in [1.82, 2.24) is 5.01 Å². The highest BCUT2D eigenvalue weighted by atomic mass is 16.5. The van der Waals surface area contributed by atoms with E-state index in [-0.39, 0.29) is 23.5 Å². The molecular weight excluding hydrogens is 482 g/mol. The molecule has 0 fully saturated rings. The van der Waals surface area contributed by atoms with Crippen molar-refractivity contribution < 1.29 is 23.9 Å². The predicted octanol–water partition coefficient (Wildman–Crippen LogP) is 5.56. The van der Waals surface area contributed by atoms with Crippen molar-refractivity contribution in [3.8, 4) is 5.75 Å². The number of carbonyl (C=O) groups excluding carboxylic acids is 3. The maximum Gasteiger partial charge on any atom is 0.308 e. The first kappa shape index (κ1) is 24.7. The van der Waals surface area contributed by atoms with Gasteiger partial charge in [-0.2, -0.15) is 5.01 Å². The van der Waals surface area contributed by atoms with Crippen molar-refractivity contribution in [2.75, 3.05) is 5.32 Å². The van der Waals surface area contributed by atoms with E-state index in [1.807, 2.05) is 55.5 Å². The summed E-state index contributed by atoms with van der Waals surface area (Å²) in [7, 11) is 0. The number of hydrogen-bond donors (Lipinski definition) is 1. The molecule has 0 spiro atoms. The molecule has 1 aliphatic heterocycles. The molecular formula is C30H25N3O5. The van der Waals surface area contributed by atoms with Crippen LogP contribution in [0.3, 0.4) is 0 Å². The number of amides is 2. The Hall–Kier alpha value is -4.98. The van der Waals surface area contributed by atoms with E-state index in [9.17, 15) is 14.4 Å². The summed E-state index contributed by atoms with van der Waals surface area (Å²) < 4.78 is 11.7. The summed E-state index contributed by atoms with van der Waals surface area (Å²) in [6.45, 7) is 4.65. The number of hydrazone groups is 1. The molecule has 8 heteroatoms. The predicted molar refractivity (Wildman–Crippen MR) is 144 cm³/mol. The second-order valence-electron chi connectivity index (χ2n) is 8.94. The van der Waals surface area contributed by atoms with Gasteiger partial charge in [-0.05, 0) is 48.0 Å². The molecule has 1 atom stereocenters. The van der Waals surface area contributed by atoms with E-state index < -0.39 is 12.2 Å². The number of fused-ring (bicyclic) bond motifs is 1. The van der Waals surface area contributed by atoms with E-state index in [2.05, 4.69) is 10.4 Å². The van der Waals surface area contributed by atoms with E-state index in [1.54, 1.807) is 36.4 Å². The first-order chi connectivity index (χ1) is 18.3.